The molecule has 1 aromatic carbocycles. The van der Waals surface area contributed by atoms with E-state index in [9.17, 15) is 0 Å². The van der Waals surface area contributed by atoms with Crippen LogP contribution in [0.2, 0.25) is 0 Å². The van der Waals surface area contributed by atoms with Crippen LogP contribution in [0.1, 0.15) is 119 Å². The molecule has 0 nitrogen and oxygen atoms in total. The second-order valence-corrected chi connectivity index (χ2v) is 8.82. The van der Waals surface area contributed by atoms with Crippen molar-refractivity contribution in [3.05, 3.63) is 35.4 Å². The molecule has 2 fully saturated rings. The molecule has 0 amide bonds. The lowest BCUT2D eigenvalue weighted by Gasteiger charge is -2.46. The van der Waals surface area contributed by atoms with Gasteiger partial charge in [-0.15, -0.1) is 0 Å². The quantitative estimate of drug-likeness (QED) is 0.447. The maximum atomic E-state index is 2.39. The van der Waals surface area contributed by atoms with Gasteiger partial charge in [0.25, 0.3) is 0 Å². The maximum absolute atomic E-state index is 2.39. The van der Waals surface area contributed by atoms with Gasteiger partial charge < -0.3 is 0 Å². The highest BCUT2D eigenvalue weighted by atomic mass is 14.4. The molecule has 4 unspecified atom stereocenters. The summed E-state index contributed by atoms with van der Waals surface area (Å²) in [4.78, 5) is 0. The molecule has 0 saturated heterocycles. The first-order valence-corrected chi connectivity index (χ1v) is 12.3. The van der Waals surface area contributed by atoms with Crippen LogP contribution in [-0.4, -0.2) is 0 Å². The second-order valence-electron chi connectivity index (χ2n) is 8.82. The van der Waals surface area contributed by atoms with Crippen molar-refractivity contribution in [2.45, 2.75) is 121 Å². The van der Waals surface area contributed by atoms with Gasteiger partial charge in [0, 0.05) is 0 Å². The normalized spacial score (nSPS) is 29.9. The molecular weight excluding hydrogens is 336 g/mol. The molecule has 3 rings (SSSR count). The van der Waals surface area contributed by atoms with E-state index in [2.05, 4.69) is 79.7 Å². The van der Waals surface area contributed by atoms with Gasteiger partial charge in [0.2, 0.25) is 0 Å². The first-order chi connectivity index (χ1) is 13.3. The van der Waals surface area contributed by atoms with Crippen LogP contribution in [0.25, 0.3) is 0 Å². The van der Waals surface area contributed by atoms with E-state index in [1.165, 1.54) is 43.2 Å². The van der Waals surface area contributed by atoms with Crippen molar-refractivity contribution in [3.63, 3.8) is 0 Å². The Morgan fingerprint density at radius 1 is 0.786 bits per heavy atom. The first kappa shape index (κ1) is 29.4. The van der Waals surface area contributed by atoms with Crippen molar-refractivity contribution in [1.82, 2.24) is 0 Å². The summed E-state index contributed by atoms with van der Waals surface area (Å²) in [6, 6.07) is 9.05. The number of hydrogen-bond acceptors (Lipinski definition) is 0. The van der Waals surface area contributed by atoms with Gasteiger partial charge in [-0.05, 0) is 54.4 Å². The van der Waals surface area contributed by atoms with Crippen LogP contribution in [0.15, 0.2) is 24.3 Å². The summed E-state index contributed by atoms with van der Waals surface area (Å²) in [6.07, 6.45) is 6.92. The van der Waals surface area contributed by atoms with Crippen molar-refractivity contribution in [2.24, 2.45) is 23.7 Å². The van der Waals surface area contributed by atoms with Crippen molar-refractivity contribution in [3.8, 4) is 0 Å². The topological polar surface area (TPSA) is 0 Å². The highest BCUT2D eigenvalue weighted by Crippen LogP contribution is 2.48. The summed E-state index contributed by atoms with van der Waals surface area (Å²) in [5.74, 6) is 3.82. The Hall–Kier alpha value is -0.780. The van der Waals surface area contributed by atoms with E-state index in [1.807, 2.05) is 27.7 Å². The molecule has 0 spiro atoms. The minimum atomic E-state index is 0.466. The smallest absolute Gasteiger partial charge is 0.00495 e. The van der Waals surface area contributed by atoms with Crippen LogP contribution in [0.3, 0.4) is 0 Å². The molecule has 0 N–H and O–H groups in total. The van der Waals surface area contributed by atoms with Gasteiger partial charge in [-0.1, -0.05) is 125 Å². The van der Waals surface area contributed by atoms with Crippen molar-refractivity contribution in [1.29, 1.82) is 0 Å². The molecule has 0 heterocycles. The summed E-state index contributed by atoms with van der Waals surface area (Å²) in [5.41, 5.74) is 3.35. The van der Waals surface area contributed by atoms with E-state index in [-0.39, 0.29) is 0 Å². The van der Waals surface area contributed by atoms with Crippen LogP contribution in [0.5, 0.6) is 0 Å². The molecule has 2 aliphatic rings. The molecule has 0 radical (unpaired) electrons. The van der Waals surface area contributed by atoms with Gasteiger partial charge in [-0.25, -0.2) is 0 Å². The summed E-state index contributed by atoms with van der Waals surface area (Å²) < 4.78 is 0. The molecule has 2 saturated carbocycles. The third-order valence-corrected chi connectivity index (χ3v) is 6.77. The zero-order chi connectivity index (χ0) is 22.3. The predicted octanol–water partition coefficient (Wildman–Crippen LogP) is 9.84. The Balaban J connectivity index is 0. The predicted molar refractivity (Wildman–Crippen MR) is 132 cm³/mol. The SMILES string of the molecule is CC.CC.CC1CC[C@H](C)C1C.CCC.Cc1ccc(C2(C)CCC2C)cc1. The van der Waals surface area contributed by atoms with E-state index >= 15 is 0 Å². The lowest BCUT2D eigenvalue weighted by molar-refractivity contribution is 0.159. The van der Waals surface area contributed by atoms with Crippen molar-refractivity contribution < 1.29 is 0 Å². The van der Waals surface area contributed by atoms with Gasteiger partial charge in [0.15, 0.2) is 0 Å². The van der Waals surface area contributed by atoms with Crippen LogP contribution in [-0.2, 0) is 5.41 Å². The Morgan fingerprint density at radius 3 is 1.39 bits per heavy atom. The largest absolute Gasteiger partial charge is 0.0683 e. The Labute approximate surface area is 179 Å². The Kier molecular flexibility index (Phi) is 16.9. The lowest BCUT2D eigenvalue weighted by Crippen LogP contribution is -2.39. The third kappa shape index (κ3) is 9.15. The number of benzene rings is 1. The average Bonchev–Trinajstić information content (AvgIpc) is 3.02. The minimum absolute atomic E-state index is 0.466. The summed E-state index contributed by atoms with van der Waals surface area (Å²) in [7, 11) is 0. The fraction of sp³-hybridized carbons (Fsp3) is 0.786. The van der Waals surface area contributed by atoms with E-state index < -0.39 is 0 Å². The van der Waals surface area contributed by atoms with Gasteiger partial charge >= 0.3 is 0 Å². The third-order valence-electron chi connectivity index (χ3n) is 6.77. The molecule has 0 aromatic heterocycles. The lowest BCUT2D eigenvalue weighted by atomic mass is 9.59. The molecule has 5 atom stereocenters. The Bertz CT molecular complexity index is 447. The van der Waals surface area contributed by atoms with Crippen LogP contribution >= 0.6 is 0 Å². The summed E-state index contributed by atoms with van der Waals surface area (Å²) >= 11 is 0. The van der Waals surface area contributed by atoms with Gasteiger partial charge in [0.1, 0.15) is 0 Å². The molecular formula is C28H54. The number of rotatable bonds is 1. The monoisotopic (exact) mass is 390 g/mol. The molecule has 0 aliphatic heterocycles. The average molecular weight is 391 g/mol. The van der Waals surface area contributed by atoms with Crippen molar-refractivity contribution >= 4 is 0 Å². The van der Waals surface area contributed by atoms with Gasteiger partial charge in [-0.3, -0.25) is 0 Å². The zero-order valence-electron chi connectivity index (χ0n) is 21.7. The van der Waals surface area contributed by atoms with E-state index in [0.29, 0.717) is 5.41 Å². The highest BCUT2D eigenvalue weighted by Gasteiger charge is 2.40. The molecule has 166 valence electrons. The second kappa shape index (κ2) is 16.1. The highest BCUT2D eigenvalue weighted by molar-refractivity contribution is 5.30. The number of hydrogen-bond donors (Lipinski definition) is 0. The molecule has 2 aliphatic carbocycles. The molecule has 0 bridgehead atoms. The van der Waals surface area contributed by atoms with Crippen LogP contribution in [0.4, 0.5) is 0 Å². The zero-order valence-corrected chi connectivity index (χ0v) is 21.7. The van der Waals surface area contributed by atoms with E-state index in [4.69, 9.17) is 0 Å². The fourth-order valence-corrected chi connectivity index (χ4v) is 3.84. The van der Waals surface area contributed by atoms with Crippen LogP contribution < -0.4 is 0 Å². The standard InChI is InChI=1S/C13H18.C8H16.C3H8.2C2H6/c1-10-4-6-12(7-5-10)13(3)9-8-11(13)2;1-6-4-5-7(2)8(6)3;1-3-2;2*1-2/h4-7,11H,8-9H2,1-3H3;6-8H,4-5H2,1-3H3;3H2,1-2H3;2*1-2H3/t;6-,7?,8?;;;/m.0.../s1. The minimum Gasteiger partial charge on any atom is -0.0683 e. The van der Waals surface area contributed by atoms with Gasteiger partial charge in [0.05, 0.1) is 0 Å². The maximum Gasteiger partial charge on any atom is -0.00495 e. The Morgan fingerprint density at radius 2 is 1.18 bits per heavy atom. The summed E-state index contributed by atoms with van der Waals surface area (Å²) in [5, 5.41) is 0. The van der Waals surface area contributed by atoms with E-state index in [0.717, 1.165) is 23.7 Å². The van der Waals surface area contributed by atoms with Crippen LogP contribution in [0, 0.1) is 30.6 Å². The van der Waals surface area contributed by atoms with Gasteiger partial charge in [-0.2, -0.15) is 0 Å². The first-order valence-electron chi connectivity index (χ1n) is 12.3. The van der Waals surface area contributed by atoms with E-state index in [1.54, 1.807) is 0 Å². The molecule has 1 aromatic rings. The molecule has 28 heavy (non-hydrogen) atoms. The number of aryl methyl sites for hydroxylation is 1. The fourth-order valence-electron chi connectivity index (χ4n) is 3.84. The summed E-state index contributed by atoms with van der Waals surface area (Å²) in [6.45, 7) is 26.3. The molecule has 0 heteroatoms. The van der Waals surface area contributed by atoms with Crippen molar-refractivity contribution in [2.75, 3.05) is 0 Å².